The highest BCUT2D eigenvalue weighted by Crippen LogP contribution is 2.31. The van der Waals surface area contributed by atoms with Gasteiger partial charge in [-0.2, -0.15) is 0 Å². The normalized spacial score (nSPS) is 12.6. The van der Waals surface area contributed by atoms with Gasteiger partial charge in [-0.1, -0.05) is 44.2 Å². The van der Waals surface area contributed by atoms with E-state index in [-0.39, 0.29) is 6.04 Å². The number of nitrogens with two attached hydrogens (primary N) is 1. The van der Waals surface area contributed by atoms with E-state index in [0.717, 1.165) is 30.6 Å². The van der Waals surface area contributed by atoms with Gasteiger partial charge in [-0.15, -0.1) is 0 Å². The van der Waals surface area contributed by atoms with Crippen LogP contribution in [0.4, 0.5) is 0 Å². The van der Waals surface area contributed by atoms with Crippen LogP contribution in [0.3, 0.4) is 0 Å². The molecule has 18 heavy (non-hydrogen) atoms. The molecule has 0 saturated heterocycles. The molecule has 0 bridgehead atoms. The van der Waals surface area contributed by atoms with Crippen LogP contribution in [0.5, 0.6) is 5.75 Å². The Morgan fingerprint density at radius 1 is 1.06 bits per heavy atom. The topological polar surface area (TPSA) is 35.2 Å². The van der Waals surface area contributed by atoms with Gasteiger partial charge < -0.3 is 10.5 Å². The average Bonchev–Trinajstić information content (AvgIpc) is 2.43. The van der Waals surface area contributed by atoms with E-state index in [0.29, 0.717) is 0 Å². The van der Waals surface area contributed by atoms with Crippen LogP contribution in [0.1, 0.15) is 38.3 Å². The summed E-state index contributed by atoms with van der Waals surface area (Å²) in [5, 5.41) is 2.37. The quantitative estimate of drug-likeness (QED) is 0.860. The summed E-state index contributed by atoms with van der Waals surface area (Å²) in [5.41, 5.74) is 7.38. The van der Waals surface area contributed by atoms with Crippen molar-refractivity contribution in [1.82, 2.24) is 0 Å². The predicted octanol–water partition coefficient (Wildman–Crippen LogP) is 4.04. The van der Waals surface area contributed by atoms with Gasteiger partial charge in [-0.3, -0.25) is 0 Å². The van der Waals surface area contributed by atoms with Crippen molar-refractivity contribution in [3.63, 3.8) is 0 Å². The van der Waals surface area contributed by atoms with Crippen LogP contribution in [-0.4, -0.2) is 6.61 Å². The van der Waals surface area contributed by atoms with Crippen molar-refractivity contribution in [2.24, 2.45) is 5.73 Å². The fourth-order valence-electron chi connectivity index (χ4n) is 2.18. The minimum absolute atomic E-state index is 0.0927. The first-order valence-electron chi connectivity index (χ1n) is 6.68. The lowest BCUT2D eigenvalue weighted by molar-refractivity contribution is 0.321. The molecule has 2 aromatic rings. The van der Waals surface area contributed by atoms with Gasteiger partial charge in [-0.05, 0) is 29.9 Å². The molecule has 0 heterocycles. The Balaban J connectivity index is 2.51. The third-order valence-electron chi connectivity index (χ3n) is 3.22. The summed E-state index contributed by atoms with van der Waals surface area (Å²) < 4.78 is 5.80. The lowest BCUT2D eigenvalue weighted by Crippen LogP contribution is -2.09. The molecule has 1 atom stereocenters. The number of rotatable bonds is 5. The molecule has 0 aliphatic rings. The molecule has 2 rings (SSSR count). The molecule has 0 radical (unpaired) electrons. The van der Waals surface area contributed by atoms with Crippen LogP contribution in [0, 0.1) is 0 Å². The lowest BCUT2D eigenvalue weighted by Gasteiger charge is -2.15. The van der Waals surface area contributed by atoms with Gasteiger partial charge in [0.25, 0.3) is 0 Å². The van der Waals surface area contributed by atoms with Crippen molar-refractivity contribution in [3.05, 3.63) is 42.0 Å². The molecule has 2 heteroatoms. The maximum absolute atomic E-state index is 6.17. The highest BCUT2D eigenvalue weighted by atomic mass is 16.5. The zero-order chi connectivity index (χ0) is 13.0. The van der Waals surface area contributed by atoms with Crippen LogP contribution < -0.4 is 10.5 Å². The van der Waals surface area contributed by atoms with Crippen LogP contribution in [0.25, 0.3) is 10.8 Å². The summed E-state index contributed by atoms with van der Waals surface area (Å²) in [6.07, 6.45) is 1.96. The van der Waals surface area contributed by atoms with Crippen molar-refractivity contribution >= 4 is 10.8 Å². The fraction of sp³-hybridized carbons (Fsp3) is 0.375. The minimum atomic E-state index is 0.0927. The van der Waals surface area contributed by atoms with Gasteiger partial charge in [0.15, 0.2) is 0 Å². The highest BCUT2D eigenvalue weighted by molar-refractivity contribution is 5.91. The first-order valence-corrected chi connectivity index (χ1v) is 6.68. The Hall–Kier alpha value is -1.54. The molecule has 0 fully saturated rings. The molecular formula is C16H21NO. The van der Waals surface area contributed by atoms with Gasteiger partial charge >= 0.3 is 0 Å². The highest BCUT2D eigenvalue weighted by Gasteiger charge is 2.10. The van der Waals surface area contributed by atoms with Gasteiger partial charge in [-0.25, -0.2) is 0 Å². The predicted molar refractivity (Wildman–Crippen MR) is 77.0 cm³/mol. The standard InChI is InChI=1S/C16H21NO/c1-3-11-18-16-10-9-13(15(17)4-2)12-7-5-6-8-14(12)16/h5-10,15H,3-4,11,17H2,1-2H3. The van der Waals surface area contributed by atoms with Crippen molar-refractivity contribution < 1.29 is 4.74 Å². The number of ether oxygens (including phenoxy) is 1. The molecule has 2 aromatic carbocycles. The van der Waals surface area contributed by atoms with Crippen molar-refractivity contribution in [3.8, 4) is 5.75 Å². The first-order chi connectivity index (χ1) is 8.77. The Morgan fingerprint density at radius 3 is 2.44 bits per heavy atom. The summed E-state index contributed by atoms with van der Waals surface area (Å²) >= 11 is 0. The maximum atomic E-state index is 6.17. The molecule has 0 aliphatic carbocycles. The largest absolute Gasteiger partial charge is 0.493 e. The second-order valence-electron chi connectivity index (χ2n) is 4.56. The summed E-state index contributed by atoms with van der Waals surface area (Å²) in [6.45, 7) is 4.98. The second kappa shape index (κ2) is 5.87. The zero-order valence-electron chi connectivity index (χ0n) is 11.1. The molecule has 96 valence electrons. The van der Waals surface area contributed by atoms with Crippen LogP contribution in [0.2, 0.25) is 0 Å². The van der Waals surface area contributed by atoms with E-state index in [1.807, 2.05) is 12.1 Å². The van der Waals surface area contributed by atoms with Crippen LogP contribution >= 0.6 is 0 Å². The Kier molecular flexibility index (Phi) is 4.21. The smallest absolute Gasteiger partial charge is 0.127 e. The molecule has 2 nitrogen and oxygen atoms in total. The molecule has 0 amide bonds. The molecule has 0 aliphatic heterocycles. The van der Waals surface area contributed by atoms with E-state index >= 15 is 0 Å². The van der Waals surface area contributed by atoms with E-state index < -0.39 is 0 Å². The second-order valence-corrected chi connectivity index (χ2v) is 4.56. The number of benzene rings is 2. The Labute approximate surface area is 109 Å². The zero-order valence-corrected chi connectivity index (χ0v) is 11.1. The van der Waals surface area contributed by atoms with Gasteiger partial charge in [0.05, 0.1) is 6.61 Å². The summed E-state index contributed by atoms with van der Waals surface area (Å²) in [5.74, 6) is 0.958. The third-order valence-corrected chi connectivity index (χ3v) is 3.22. The van der Waals surface area contributed by atoms with Crippen molar-refractivity contribution in [1.29, 1.82) is 0 Å². The van der Waals surface area contributed by atoms with Gasteiger partial charge in [0.2, 0.25) is 0 Å². The summed E-state index contributed by atoms with van der Waals surface area (Å²) in [7, 11) is 0. The van der Waals surface area contributed by atoms with Gasteiger partial charge in [0.1, 0.15) is 5.75 Å². The van der Waals surface area contributed by atoms with Crippen LogP contribution in [-0.2, 0) is 0 Å². The first kappa shape index (κ1) is 12.9. The maximum Gasteiger partial charge on any atom is 0.127 e. The number of hydrogen-bond acceptors (Lipinski definition) is 2. The fourth-order valence-corrected chi connectivity index (χ4v) is 2.18. The lowest BCUT2D eigenvalue weighted by atomic mass is 9.97. The number of hydrogen-bond donors (Lipinski definition) is 1. The van der Waals surface area contributed by atoms with Crippen LogP contribution in [0.15, 0.2) is 36.4 Å². The molecule has 1 unspecified atom stereocenters. The average molecular weight is 243 g/mol. The van der Waals surface area contributed by atoms with Crippen molar-refractivity contribution in [2.75, 3.05) is 6.61 Å². The van der Waals surface area contributed by atoms with E-state index in [9.17, 15) is 0 Å². The third kappa shape index (κ3) is 2.49. The van der Waals surface area contributed by atoms with E-state index in [2.05, 4.69) is 38.1 Å². The van der Waals surface area contributed by atoms with Gasteiger partial charge in [0, 0.05) is 11.4 Å². The van der Waals surface area contributed by atoms with E-state index in [1.54, 1.807) is 0 Å². The SMILES string of the molecule is CCCOc1ccc(C(N)CC)c2ccccc12. The summed E-state index contributed by atoms with van der Waals surface area (Å²) in [6, 6.07) is 12.6. The summed E-state index contributed by atoms with van der Waals surface area (Å²) in [4.78, 5) is 0. The Bertz CT molecular complexity index is 521. The van der Waals surface area contributed by atoms with E-state index in [1.165, 1.54) is 10.9 Å². The molecular weight excluding hydrogens is 222 g/mol. The molecule has 0 saturated carbocycles. The Morgan fingerprint density at radius 2 is 1.78 bits per heavy atom. The number of fused-ring (bicyclic) bond motifs is 1. The van der Waals surface area contributed by atoms with E-state index in [4.69, 9.17) is 10.5 Å². The monoisotopic (exact) mass is 243 g/mol. The molecule has 2 N–H and O–H groups in total. The van der Waals surface area contributed by atoms with Crippen molar-refractivity contribution in [2.45, 2.75) is 32.7 Å². The minimum Gasteiger partial charge on any atom is -0.493 e. The molecule has 0 spiro atoms. The molecule has 0 aromatic heterocycles.